The third kappa shape index (κ3) is 3.20. The number of fused-ring (bicyclic) bond motifs is 2. The first-order chi connectivity index (χ1) is 11.7. The van der Waals surface area contributed by atoms with E-state index in [0.717, 1.165) is 0 Å². The molecule has 25 heavy (non-hydrogen) atoms. The fraction of sp³-hybridized carbons (Fsp3) is 0.750. The summed E-state index contributed by atoms with van der Waals surface area (Å²) in [6, 6.07) is 0. The summed E-state index contributed by atoms with van der Waals surface area (Å²) >= 11 is 0. The van der Waals surface area contributed by atoms with E-state index in [2.05, 4.69) is 0 Å². The van der Waals surface area contributed by atoms with Gasteiger partial charge in [0.25, 0.3) is 0 Å². The zero-order chi connectivity index (χ0) is 18.5. The van der Waals surface area contributed by atoms with E-state index < -0.39 is 60.1 Å². The van der Waals surface area contributed by atoms with Crippen LogP contribution in [0.15, 0.2) is 0 Å². The first-order valence-electron chi connectivity index (χ1n) is 8.05. The second-order valence-corrected chi connectivity index (χ2v) is 6.52. The van der Waals surface area contributed by atoms with E-state index in [1.54, 1.807) is 0 Å². The highest BCUT2D eigenvalue weighted by Crippen LogP contribution is 2.56. The van der Waals surface area contributed by atoms with Gasteiger partial charge in [-0.15, -0.1) is 0 Å². The van der Waals surface area contributed by atoms with Crippen LogP contribution in [0.5, 0.6) is 0 Å². The van der Waals surface area contributed by atoms with E-state index >= 15 is 0 Å². The Morgan fingerprint density at radius 1 is 0.560 bits per heavy atom. The number of carbonyl (C=O) groups excluding carboxylic acids is 4. The topological polar surface area (TPSA) is 118 Å². The molecule has 138 valence electrons. The van der Waals surface area contributed by atoms with Crippen molar-refractivity contribution < 1.29 is 42.9 Å². The van der Waals surface area contributed by atoms with Crippen LogP contribution < -0.4 is 0 Å². The Morgan fingerprint density at radius 2 is 0.800 bits per heavy atom. The van der Waals surface area contributed by atoms with Crippen LogP contribution in [0, 0.1) is 11.8 Å². The van der Waals surface area contributed by atoms with Crippen LogP contribution in [-0.2, 0) is 42.9 Å². The third-order valence-corrected chi connectivity index (χ3v) is 4.69. The van der Waals surface area contributed by atoms with Crippen molar-refractivity contribution in [3.8, 4) is 0 Å². The molecule has 9 nitrogen and oxygen atoms in total. The molecule has 6 atom stereocenters. The lowest BCUT2D eigenvalue weighted by Crippen LogP contribution is -2.68. The minimum absolute atomic E-state index is 0.308. The predicted molar refractivity (Wildman–Crippen MR) is 77.9 cm³/mol. The number of epoxide rings is 1. The smallest absolute Gasteiger partial charge is 0.303 e. The lowest BCUT2D eigenvalue weighted by atomic mass is 9.63. The molecule has 2 bridgehead atoms. The van der Waals surface area contributed by atoms with Crippen molar-refractivity contribution in [3.63, 3.8) is 0 Å². The van der Waals surface area contributed by atoms with Gasteiger partial charge in [0.15, 0.2) is 0 Å². The molecule has 0 aromatic carbocycles. The maximum absolute atomic E-state index is 11.5. The maximum Gasteiger partial charge on any atom is 0.303 e. The first kappa shape index (κ1) is 17.7. The summed E-state index contributed by atoms with van der Waals surface area (Å²) in [4.78, 5) is 46.1. The molecule has 3 saturated carbocycles. The third-order valence-electron chi connectivity index (χ3n) is 4.69. The van der Waals surface area contributed by atoms with Gasteiger partial charge in [-0.3, -0.25) is 19.2 Å². The van der Waals surface area contributed by atoms with Gasteiger partial charge in [-0.1, -0.05) is 0 Å². The van der Waals surface area contributed by atoms with E-state index in [1.165, 1.54) is 27.7 Å². The summed E-state index contributed by atoms with van der Waals surface area (Å²) < 4.78 is 27.1. The first-order valence-corrected chi connectivity index (χ1v) is 8.05. The number of rotatable bonds is 4. The molecule has 1 saturated heterocycles. The average molecular weight is 356 g/mol. The largest absolute Gasteiger partial charge is 0.458 e. The number of ether oxygens (including phenoxy) is 5. The molecular weight excluding hydrogens is 336 g/mol. The SMILES string of the molecule is CC(=O)O[C@@H]1C2[C@@H](OC(C)=O)[C@@H](OC(C)=O)C([C@@H]1OC(C)=O)[C@@H]1O[C@H]21. The van der Waals surface area contributed by atoms with Gasteiger partial charge < -0.3 is 23.7 Å². The Hall–Kier alpha value is -2.16. The van der Waals surface area contributed by atoms with Gasteiger partial charge in [0, 0.05) is 27.7 Å². The van der Waals surface area contributed by atoms with Crippen molar-refractivity contribution in [2.75, 3.05) is 0 Å². The van der Waals surface area contributed by atoms with Crippen molar-refractivity contribution in [1.82, 2.24) is 0 Å². The molecule has 4 rings (SSSR count). The van der Waals surface area contributed by atoms with Crippen LogP contribution in [0.25, 0.3) is 0 Å². The van der Waals surface area contributed by atoms with Crippen LogP contribution in [-0.4, -0.2) is 60.5 Å². The molecule has 4 aliphatic rings. The maximum atomic E-state index is 11.5. The lowest BCUT2D eigenvalue weighted by Gasteiger charge is -2.50. The van der Waals surface area contributed by atoms with Crippen molar-refractivity contribution in [1.29, 1.82) is 0 Å². The number of esters is 4. The minimum atomic E-state index is -0.841. The second kappa shape index (κ2) is 6.29. The number of carbonyl (C=O) groups is 4. The summed E-state index contributed by atoms with van der Waals surface area (Å²) in [7, 11) is 0. The van der Waals surface area contributed by atoms with Gasteiger partial charge in [-0.25, -0.2) is 0 Å². The Labute approximate surface area is 143 Å². The molecule has 0 radical (unpaired) electrons. The lowest BCUT2D eigenvalue weighted by molar-refractivity contribution is -0.236. The molecule has 9 heteroatoms. The highest BCUT2D eigenvalue weighted by molar-refractivity contribution is 5.69. The molecule has 0 aromatic heterocycles. The summed E-state index contributed by atoms with van der Waals surface area (Å²) in [5.41, 5.74) is 0. The van der Waals surface area contributed by atoms with Gasteiger partial charge in [0.1, 0.15) is 24.4 Å². The fourth-order valence-electron chi connectivity index (χ4n) is 4.10. The summed E-state index contributed by atoms with van der Waals surface area (Å²) in [6.45, 7) is 4.96. The summed E-state index contributed by atoms with van der Waals surface area (Å²) in [5, 5.41) is 0. The standard InChI is InChI=1S/C16H20O9/c1-5(17)21-11-9-13(23-7(3)19)14(24-8(4)20)10(16-15(9)25-16)12(11)22-6(2)18/h9-16H,1-4H3/t9?,10?,11-,12+,13-,14+,15-,16+. The molecule has 1 aliphatic heterocycles. The van der Waals surface area contributed by atoms with E-state index in [1.807, 2.05) is 0 Å². The quantitative estimate of drug-likeness (QED) is 0.381. The van der Waals surface area contributed by atoms with Gasteiger partial charge >= 0.3 is 23.9 Å². The molecule has 3 aliphatic carbocycles. The highest BCUT2D eigenvalue weighted by Gasteiger charge is 2.74. The monoisotopic (exact) mass is 356 g/mol. The summed E-state index contributed by atoms with van der Waals surface area (Å²) in [6.07, 6.45) is -3.98. The Kier molecular flexibility index (Phi) is 4.44. The van der Waals surface area contributed by atoms with Crippen LogP contribution in [0.4, 0.5) is 0 Å². The number of hydrogen-bond acceptors (Lipinski definition) is 9. The van der Waals surface area contributed by atoms with Crippen LogP contribution >= 0.6 is 0 Å². The van der Waals surface area contributed by atoms with Gasteiger partial charge in [-0.2, -0.15) is 0 Å². The Bertz CT molecular complexity index is 519. The molecule has 0 unspecified atom stereocenters. The van der Waals surface area contributed by atoms with Crippen molar-refractivity contribution >= 4 is 23.9 Å². The molecule has 0 aromatic rings. The Morgan fingerprint density at radius 3 is 1.00 bits per heavy atom. The molecular formula is C16H20O9. The summed E-state index contributed by atoms with van der Waals surface area (Å²) in [5.74, 6) is -3.40. The molecule has 0 N–H and O–H groups in total. The van der Waals surface area contributed by atoms with E-state index in [4.69, 9.17) is 23.7 Å². The van der Waals surface area contributed by atoms with Crippen LogP contribution in [0.2, 0.25) is 0 Å². The minimum Gasteiger partial charge on any atom is -0.458 e. The molecule has 0 spiro atoms. The fourth-order valence-corrected chi connectivity index (χ4v) is 4.10. The van der Waals surface area contributed by atoms with E-state index in [9.17, 15) is 19.2 Å². The highest BCUT2D eigenvalue weighted by atomic mass is 16.6. The van der Waals surface area contributed by atoms with E-state index in [0.29, 0.717) is 0 Å². The zero-order valence-corrected chi connectivity index (χ0v) is 14.3. The molecule has 1 heterocycles. The van der Waals surface area contributed by atoms with E-state index in [-0.39, 0.29) is 12.2 Å². The zero-order valence-electron chi connectivity index (χ0n) is 14.3. The van der Waals surface area contributed by atoms with Gasteiger partial charge in [0.2, 0.25) is 0 Å². The van der Waals surface area contributed by atoms with Crippen molar-refractivity contribution in [2.24, 2.45) is 11.8 Å². The normalized spacial score (nSPS) is 40.5. The van der Waals surface area contributed by atoms with Crippen molar-refractivity contribution in [2.45, 2.75) is 64.3 Å². The number of hydrogen-bond donors (Lipinski definition) is 0. The Balaban J connectivity index is 1.98. The van der Waals surface area contributed by atoms with Crippen LogP contribution in [0.1, 0.15) is 27.7 Å². The van der Waals surface area contributed by atoms with Gasteiger partial charge in [0.05, 0.1) is 24.0 Å². The van der Waals surface area contributed by atoms with Gasteiger partial charge in [-0.05, 0) is 0 Å². The second-order valence-electron chi connectivity index (χ2n) is 6.52. The average Bonchev–Trinajstić information content (AvgIpc) is 3.22. The predicted octanol–water partition coefficient (Wildman–Crippen LogP) is -0.260. The molecule has 4 fully saturated rings. The van der Waals surface area contributed by atoms with Crippen molar-refractivity contribution in [3.05, 3.63) is 0 Å². The molecule has 0 amide bonds. The van der Waals surface area contributed by atoms with Crippen LogP contribution in [0.3, 0.4) is 0 Å².